The van der Waals surface area contributed by atoms with Crippen molar-refractivity contribution < 1.29 is 23.4 Å². The molecule has 0 bridgehead atoms. The number of aliphatic hydroxyl groups is 1. The molecule has 0 saturated carbocycles. The van der Waals surface area contributed by atoms with Crippen LogP contribution in [0.1, 0.15) is 37.4 Å². The van der Waals surface area contributed by atoms with E-state index in [1.807, 2.05) is 0 Å². The highest BCUT2D eigenvalue weighted by Gasteiger charge is 2.12. The van der Waals surface area contributed by atoms with Gasteiger partial charge in [-0.1, -0.05) is 23.8 Å². The van der Waals surface area contributed by atoms with E-state index in [1.54, 1.807) is 6.07 Å². The van der Waals surface area contributed by atoms with Gasteiger partial charge < -0.3 is 20.5 Å². The van der Waals surface area contributed by atoms with E-state index in [0.717, 1.165) is 19.3 Å². The molecule has 2 amide bonds. The van der Waals surface area contributed by atoms with Crippen LogP contribution in [0.5, 0.6) is 5.75 Å². The van der Waals surface area contributed by atoms with Crippen molar-refractivity contribution in [2.24, 2.45) is 0 Å². The maximum Gasteiger partial charge on any atom is 0.387 e. The Hall–Kier alpha value is -2.15. The highest BCUT2D eigenvalue weighted by molar-refractivity contribution is 5.73. The first-order chi connectivity index (χ1) is 11.5. The first-order valence-electron chi connectivity index (χ1n) is 7.97. The number of nitrogens with one attached hydrogen (secondary N) is 2. The van der Waals surface area contributed by atoms with Crippen LogP contribution in [0.25, 0.3) is 0 Å². The number of halogens is 2. The second kappa shape index (κ2) is 9.22. The monoisotopic (exact) mass is 340 g/mol. The predicted molar refractivity (Wildman–Crippen MR) is 86.0 cm³/mol. The van der Waals surface area contributed by atoms with Gasteiger partial charge in [-0.15, -0.1) is 0 Å². The van der Waals surface area contributed by atoms with E-state index in [2.05, 4.69) is 21.4 Å². The standard InChI is InChI=1S/C17H22F2N2O3/c18-16(19)24-14-7-3-6-13(10-14)15(22)11-21-17(23)20-9-8-12-4-1-2-5-12/h3-4,6-7,10,15-16,22H,1-2,5,8-9,11H2,(H2,20,21,23). The van der Waals surface area contributed by atoms with Crippen LogP contribution in [-0.2, 0) is 0 Å². The molecule has 1 unspecified atom stereocenters. The number of carbonyl (C=O) groups is 1. The van der Waals surface area contributed by atoms with Crippen molar-refractivity contribution in [1.29, 1.82) is 0 Å². The second-order valence-electron chi connectivity index (χ2n) is 5.61. The van der Waals surface area contributed by atoms with Crippen molar-refractivity contribution >= 4 is 6.03 Å². The van der Waals surface area contributed by atoms with Crippen LogP contribution in [0.3, 0.4) is 0 Å². The van der Waals surface area contributed by atoms with E-state index in [-0.39, 0.29) is 18.3 Å². The van der Waals surface area contributed by atoms with E-state index in [4.69, 9.17) is 0 Å². The predicted octanol–water partition coefficient (Wildman–Crippen LogP) is 3.12. The minimum atomic E-state index is -2.92. The van der Waals surface area contributed by atoms with Gasteiger partial charge >= 0.3 is 12.6 Å². The molecule has 1 aliphatic rings. The summed E-state index contributed by atoms with van der Waals surface area (Å²) in [5.74, 6) is -0.0316. The summed E-state index contributed by atoms with van der Waals surface area (Å²) >= 11 is 0. The van der Waals surface area contributed by atoms with Gasteiger partial charge in [0.2, 0.25) is 0 Å². The Morgan fingerprint density at radius 3 is 2.88 bits per heavy atom. The van der Waals surface area contributed by atoms with E-state index in [9.17, 15) is 18.7 Å². The van der Waals surface area contributed by atoms with Gasteiger partial charge in [0.05, 0.1) is 6.10 Å². The number of ether oxygens (including phenoxy) is 1. The molecule has 1 aliphatic carbocycles. The fraction of sp³-hybridized carbons (Fsp3) is 0.471. The molecule has 1 atom stereocenters. The lowest BCUT2D eigenvalue weighted by Gasteiger charge is -2.14. The van der Waals surface area contributed by atoms with Crippen molar-refractivity contribution in [3.05, 3.63) is 41.5 Å². The van der Waals surface area contributed by atoms with Gasteiger partial charge in [0, 0.05) is 13.1 Å². The summed E-state index contributed by atoms with van der Waals surface area (Å²) in [5, 5.41) is 15.3. The summed E-state index contributed by atoms with van der Waals surface area (Å²) in [4.78, 5) is 11.7. The normalized spacial score (nSPS) is 15.1. The summed E-state index contributed by atoms with van der Waals surface area (Å²) in [5.41, 5.74) is 1.76. The third-order valence-electron chi connectivity index (χ3n) is 3.79. The number of aliphatic hydroxyl groups excluding tert-OH is 1. The SMILES string of the molecule is O=C(NCCC1=CCCC1)NCC(O)c1cccc(OC(F)F)c1. The maximum atomic E-state index is 12.2. The van der Waals surface area contributed by atoms with Gasteiger partial charge in [0.1, 0.15) is 5.75 Å². The Bertz CT molecular complexity index is 579. The molecule has 1 aromatic rings. The number of allylic oxidation sites excluding steroid dienone is 1. The van der Waals surface area contributed by atoms with Gasteiger partial charge in [-0.25, -0.2) is 4.79 Å². The number of hydrogen-bond acceptors (Lipinski definition) is 3. The zero-order chi connectivity index (χ0) is 17.4. The largest absolute Gasteiger partial charge is 0.435 e. The zero-order valence-electron chi connectivity index (χ0n) is 13.3. The molecule has 2 rings (SSSR count). The minimum Gasteiger partial charge on any atom is -0.435 e. The lowest BCUT2D eigenvalue weighted by atomic mass is 10.1. The molecule has 5 nitrogen and oxygen atoms in total. The molecule has 0 saturated heterocycles. The van der Waals surface area contributed by atoms with E-state index >= 15 is 0 Å². The average molecular weight is 340 g/mol. The van der Waals surface area contributed by atoms with Crippen LogP contribution in [0.15, 0.2) is 35.9 Å². The number of hydrogen-bond donors (Lipinski definition) is 3. The van der Waals surface area contributed by atoms with E-state index < -0.39 is 12.7 Å². The summed E-state index contributed by atoms with van der Waals surface area (Å²) in [6.07, 6.45) is 5.43. The molecule has 0 radical (unpaired) electrons. The quantitative estimate of drug-likeness (QED) is 0.637. The Kier molecular flexibility index (Phi) is 6.99. The maximum absolute atomic E-state index is 12.2. The van der Waals surface area contributed by atoms with Gasteiger partial charge in [-0.3, -0.25) is 0 Å². The number of rotatable bonds is 8. The first-order valence-corrected chi connectivity index (χ1v) is 7.97. The summed E-state index contributed by atoms with van der Waals surface area (Å²) in [7, 11) is 0. The molecule has 132 valence electrons. The van der Waals surface area contributed by atoms with Crippen LogP contribution in [0.2, 0.25) is 0 Å². The van der Waals surface area contributed by atoms with Crippen molar-refractivity contribution in [2.75, 3.05) is 13.1 Å². The zero-order valence-corrected chi connectivity index (χ0v) is 13.3. The lowest BCUT2D eigenvalue weighted by molar-refractivity contribution is -0.0499. The van der Waals surface area contributed by atoms with Gasteiger partial charge in [-0.2, -0.15) is 8.78 Å². The van der Waals surface area contributed by atoms with Crippen LogP contribution in [0.4, 0.5) is 13.6 Å². The lowest BCUT2D eigenvalue weighted by Crippen LogP contribution is -2.38. The summed E-state index contributed by atoms with van der Waals surface area (Å²) in [6, 6.07) is 5.41. The van der Waals surface area contributed by atoms with E-state index in [0.29, 0.717) is 12.1 Å². The molecular formula is C17H22F2N2O3. The van der Waals surface area contributed by atoms with Gasteiger partial charge in [-0.05, 0) is 43.4 Å². The number of urea groups is 1. The first kappa shape index (κ1) is 18.2. The number of carbonyl (C=O) groups excluding carboxylic acids is 1. The molecule has 0 spiro atoms. The molecule has 0 heterocycles. The molecule has 0 aliphatic heterocycles. The van der Waals surface area contributed by atoms with Crippen molar-refractivity contribution in [3.63, 3.8) is 0 Å². The summed E-state index contributed by atoms with van der Waals surface area (Å²) < 4.78 is 28.7. The molecule has 1 aromatic carbocycles. The highest BCUT2D eigenvalue weighted by Crippen LogP contribution is 2.21. The molecule has 0 aromatic heterocycles. The van der Waals surface area contributed by atoms with Crippen LogP contribution in [-0.4, -0.2) is 30.8 Å². The highest BCUT2D eigenvalue weighted by atomic mass is 19.3. The average Bonchev–Trinajstić information content (AvgIpc) is 3.05. The number of alkyl halides is 2. The molecule has 24 heavy (non-hydrogen) atoms. The Morgan fingerprint density at radius 2 is 2.17 bits per heavy atom. The molecular weight excluding hydrogens is 318 g/mol. The molecule has 3 N–H and O–H groups in total. The van der Waals surface area contributed by atoms with Crippen molar-refractivity contribution in [1.82, 2.24) is 10.6 Å². The fourth-order valence-corrected chi connectivity index (χ4v) is 2.57. The summed E-state index contributed by atoms with van der Waals surface area (Å²) in [6.45, 7) is -2.39. The van der Waals surface area contributed by atoms with Crippen molar-refractivity contribution in [2.45, 2.75) is 38.4 Å². The van der Waals surface area contributed by atoms with Crippen LogP contribution >= 0.6 is 0 Å². The molecule has 0 fully saturated rings. The molecule has 7 heteroatoms. The third-order valence-corrected chi connectivity index (χ3v) is 3.79. The van der Waals surface area contributed by atoms with Gasteiger partial charge in [0.15, 0.2) is 0 Å². The number of benzene rings is 1. The topological polar surface area (TPSA) is 70.6 Å². The minimum absolute atomic E-state index is 0.0212. The smallest absolute Gasteiger partial charge is 0.387 e. The third kappa shape index (κ3) is 6.16. The van der Waals surface area contributed by atoms with Crippen molar-refractivity contribution in [3.8, 4) is 5.75 Å². The second-order valence-corrected chi connectivity index (χ2v) is 5.61. The fourth-order valence-electron chi connectivity index (χ4n) is 2.57. The number of amides is 2. The van der Waals surface area contributed by atoms with E-state index in [1.165, 1.54) is 30.2 Å². The Balaban J connectivity index is 1.71. The van der Waals surface area contributed by atoms with Crippen LogP contribution < -0.4 is 15.4 Å². The van der Waals surface area contributed by atoms with Crippen LogP contribution in [0, 0.1) is 0 Å². The van der Waals surface area contributed by atoms with Gasteiger partial charge in [0.25, 0.3) is 0 Å². The Morgan fingerprint density at radius 1 is 1.33 bits per heavy atom. The Labute approximate surface area is 139 Å².